The maximum Gasteiger partial charge on any atom is 0.347 e. The molecule has 0 saturated carbocycles. The van der Waals surface area contributed by atoms with Crippen molar-refractivity contribution in [3.05, 3.63) is 41.9 Å². The molecule has 0 spiro atoms. The lowest BCUT2D eigenvalue weighted by Crippen LogP contribution is -2.70. The van der Waals surface area contributed by atoms with Crippen LogP contribution >= 0.6 is 23.7 Å². The summed E-state index contributed by atoms with van der Waals surface area (Å²) in [7, 11) is 0. The monoisotopic (exact) mass is 536 g/mol. The van der Waals surface area contributed by atoms with Gasteiger partial charge in [-0.2, -0.15) is 0 Å². The van der Waals surface area contributed by atoms with E-state index in [1.165, 1.54) is 41.3 Å². The Balaban J connectivity index is 1.42. The summed E-state index contributed by atoms with van der Waals surface area (Å²) in [5, 5.41) is 23.9. The van der Waals surface area contributed by atoms with Gasteiger partial charge in [0, 0.05) is 29.7 Å². The van der Waals surface area contributed by atoms with Gasteiger partial charge in [-0.3, -0.25) is 15.3 Å². The molecule has 1 aromatic rings. The SMILES string of the molecule is CC(O/N=C(\C(=O)NC1C(=O)N2C=C(C[n+]3ccc(C(=O)O)cc3)CS[C@H]12)C1(N)N=CSN1)C(=O)O. The number of aromatic nitrogens is 1. The van der Waals surface area contributed by atoms with Crippen molar-refractivity contribution in [2.45, 2.75) is 36.8 Å². The third-order valence-electron chi connectivity index (χ3n) is 5.40. The van der Waals surface area contributed by atoms with Crippen molar-refractivity contribution in [2.75, 3.05) is 5.75 Å². The molecule has 14 nitrogen and oxygen atoms in total. The molecule has 4 rings (SSSR count). The highest BCUT2D eigenvalue weighted by Gasteiger charge is 2.51. The Morgan fingerprint density at radius 3 is 2.75 bits per heavy atom. The molecule has 4 atom stereocenters. The second-order valence-corrected chi connectivity index (χ2v) is 9.75. The summed E-state index contributed by atoms with van der Waals surface area (Å²) in [6, 6.07) is 2.13. The van der Waals surface area contributed by atoms with Crippen molar-refractivity contribution in [2.24, 2.45) is 15.9 Å². The van der Waals surface area contributed by atoms with Crippen LogP contribution in [-0.4, -0.2) is 79.2 Å². The highest BCUT2D eigenvalue weighted by molar-refractivity contribution is 8.10. The van der Waals surface area contributed by atoms with Crippen molar-refractivity contribution >= 4 is 58.7 Å². The number of rotatable bonds is 9. The molecule has 1 saturated heterocycles. The number of hydrogen-bond acceptors (Lipinski definition) is 11. The number of fused-ring (bicyclic) bond motifs is 1. The van der Waals surface area contributed by atoms with Gasteiger partial charge in [0.1, 0.15) is 11.4 Å². The zero-order valence-corrected chi connectivity index (χ0v) is 20.4. The Bertz CT molecular complexity index is 1190. The summed E-state index contributed by atoms with van der Waals surface area (Å²) in [4.78, 5) is 58.2. The van der Waals surface area contributed by atoms with Crippen molar-refractivity contribution in [1.82, 2.24) is 14.9 Å². The second-order valence-electron chi connectivity index (χ2n) is 8.00. The minimum Gasteiger partial charge on any atom is -0.478 e. The number of carbonyl (C=O) groups is 4. The van der Waals surface area contributed by atoms with E-state index >= 15 is 0 Å². The third kappa shape index (κ3) is 5.20. The molecule has 2 amide bonds. The van der Waals surface area contributed by atoms with Gasteiger partial charge in [0.15, 0.2) is 18.9 Å². The number of oxime groups is 1. The highest BCUT2D eigenvalue weighted by atomic mass is 32.2. The van der Waals surface area contributed by atoms with Crippen LogP contribution in [0, 0.1) is 0 Å². The average molecular weight is 537 g/mol. The molecule has 0 radical (unpaired) electrons. The number of pyridine rings is 1. The number of carboxylic acids is 2. The first kappa shape index (κ1) is 25.6. The number of carboxylic acid groups (broad SMARTS) is 2. The molecule has 0 bridgehead atoms. The van der Waals surface area contributed by atoms with Gasteiger partial charge in [-0.15, -0.1) is 11.8 Å². The fraction of sp³-hybridized carbons (Fsp3) is 0.350. The van der Waals surface area contributed by atoms with Crippen LogP contribution < -0.4 is 20.3 Å². The fourth-order valence-electron chi connectivity index (χ4n) is 3.42. The largest absolute Gasteiger partial charge is 0.478 e. The zero-order chi connectivity index (χ0) is 26.0. The number of aliphatic carboxylic acids is 1. The van der Waals surface area contributed by atoms with Gasteiger partial charge in [0.2, 0.25) is 17.6 Å². The van der Waals surface area contributed by atoms with Crippen molar-refractivity contribution < 1.29 is 38.8 Å². The predicted molar refractivity (Wildman–Crippen MR) is 128 cm³/mol. The van der Waals surface area contributed by atoms with Gasteiger partial charge in [-0.25, -0.2) is 23.9 Å². The van der Waals surface area contributed by atoms with E-state index in [1.54, 1.807) is 23.2 Å². The molecule has 0 aliphatic carbocycles. The second kappa shape index (κ2) is 10.3. The standard InChI is InChI=1S/C20H21N7O7S2/c1-10(18(30)31)34-24-14(20(21)22-9-36-25-20)15(28)23-13-16(29)27-7-11(8-35-17(13)27)6-26-4-2-12(3-5-26)19(32)33/h2-5,7,9-10,13,17,25H,6,8,21H2,1H3,(H2-,23,28,30,31,32,33)/p+1/b24-14+/t10?,13?,17-,20?/m1/s1. The number of hydrogen-bond donors (Lipinski definition) is 5. The van der Waals surface area contributed by atoms with Gasteiger partial charge in [-0.1, -0.05) is 5.16 Å². The number of nitrogens with one attached hydrogen (secondary N) is 2. The van der Waals surface area contributed by atoms with Crippen molar-refractivity contribution in [3.8, 4) is 0 Å². The Kier molecular flexibility index (Phi) is 7.30. The number of β-lactam (4-membered cyclic amide) rings is 1. The average Bonchev–Trinajstić information content (AvgIpc) is 3.29. The molecular weight excluding hydrogens is 514 g/mol. The molecule has 6 N–H and O–H groups in total. The molecule has 1 aromatic heterocycles. The van der Waals surface area contributed by atoms with Crippen LogP contribution in [0.2, 0.25) is 0 Å². The van der Waals surface area contributed by atoms with Crippen LogP contribution in [0.1, 0.15) is 17.3 Å². The minimum atomic E-state index is -1.76. The van der Waals surface area contributed by atoms with Gasteiger partial charge in [0.25, 0.3) is 11.8 Å². The molecule has 3 aliphatic heterocycles. The maximum absolute atomic E-state index is 13.0. The van der Waals surface area contributed by atoms with E-state index in [0.717, 1.165) is 17.5 Å². The first-order valence-corrected chi connectivity index (χ1v) is 12.4. The van der Waals surface area contributed by atoms with E-state index < -0.39 is 41.5 Å². The number of nitrogens with two attached hydrogens (primary N) is 1. The summed E-state index contributed by atoms with van der Waals surface area (Å²) in [5.41, 5.74) is 8.13. The van der Waals surface area contributed by atoms with Crippen LogP contribution in [0.4, 0.5) is 0 Å². The smallest absolute Gasteiger partial charge is 0.347 e. The van der Waals surface area contributed by atoms with E-state index in [1.807, 2.05) is 0 Å². The molecule has 1 fully saturated rings. The van der Waals surface area contributed by atoms with Crippen LogP contribution in [0.25, 0.3) is 0 Å². The van der Waals surface area contributed by atoms with Crippen molar-refractivity contribution in [3.63, 3.8) is 0 Å². The van der Waals surface area contributed by atoms with Crippen molar-refractivity contribution in [1.29, 1.82) is 0 Å². The predicted octanol–water partition coefficient (Wildman–Crippen LogP) is -1.31. The van der Waals surface area contributed by atoms with Crippen LogP contribution in [0.3, 0.4) is 0 Å². The number of carbonyl (C=O) groups excluding carboxylic acids is 2. The molecule has 0 aromatic carbocycles. The van der Waals surface area contributed by atoms with E-state index in [4.69, 9.17) is 20.8 Å². The van der Waals surface area contributed by atoms with Crippen LogP contribution in [0.5, 0.6) is 0 Å². The third-order valence-corrected chi connectivity index (χ3v) is 7.42. The van der Waals surface area contributed by atoms with E-state index in [-0.39, 0.29) is 16.8 Å². The summed E-state index contributed by atoms with van der Waals surface area (Å²) in [6.45, 7) is 1.70. The minimum absolute atomic E-state index is 0.178. The first-order valence-electron chi connectivity index (χ1n) is 10.5. The molecule has 3 unspecified atom stereocenters. The van der Waals surface area contributed by atoms with Gasteiger partial charge in [0.05, 0.1) is 11.1 Å². The van der Waals surface area contributed by atoms with E-state index in [2.05, 4.69) is 20.2 Å². The Morgan fingerprint density at radius 1 is 1.42 bits per heavy atom. The highest BCUT2D eigenvalue weighted by Crippen LogP contribution is 2.36. The number of amides is 2. The lowest BCUT2D eigenvalue weighted by atomic mass is 10.1. The number of nitrogens with zero attached hydrogens (tertiary/aromatic N) is 4. The fourth-order valence-corrected chi connectivity index (χ4v) is 5.27. The maximum atomic E-state index is 13.0. The lowest BCUT2D eigenvalue weighted by Gasteiger charge is -2.47. The van der Waals surface area contributed by atoms with Gasteiger partial charge < -0.3 is 25.3 Å². The van der Waals surface area contributed by atoms with Crippen LogP contribution in [0.15, 0.2) is 46.4 Å². The molecule has 36 heavy (non-hydrogen) atoms. The number of aliphatic imine (C=N–C) groups is 1. The first-order chi connectivity index (χ1) is 17.1. The Labute approximate surface area is 212 Å². The van der Waals surface area contributed by atoms with Gasteiger partial charge in [-0.05, 0) is 18.9 Å². The topological polar surface area (TPSA) is 200 Å². The number of aromatic carboxylic acids is 1. The normalized spacial score (nSPS) is 25.9. The molecule has 3 aliphatic rings. The summed E-state index contributed by atoms with van der Waals surface area (Å²) in [5.74, 6) is -4.65. The number of thioether (sulfide) groups is 1. The van der Waals surface area contributed by atoms with E-state index in [9.17, 15) is 19.2 Å². The quantitative estimate of drug-likeness (QED) is 0.0825. The molecular formula is C20H22N7O7S2+. The molecule has 190 valence electrons. The Hall–Kier alpha value is -3.47. The Morgan fingerprint density at radius 2 is 2.14 bits per heavy atom. The van der Waals surface area contributed by atoms with Crippen LogP contribution in [-0.2, 0) is 25.8 Å². The lowest BCUT2D eigenvalue weighted by molar-refractivity contribution is -0.689. The summed E-state index contributed by atoms with van der Waals surface area (Å²) >= 11 is 2.46. The summed E-state index contributed by atoms with van der Waals surface area (Å²) < 4.78 is 4.49. The summed E-state index contributed by atoms with van der Waals surface area (Å²) in [6.07, 6.45) is 3.68. The molecule has 4 heterocycles. The van der Waals surface area contributed by atoms with E-state index in [0.29, 0.717) is 12.3 Å². The van der Waals surface area contributed by atoms with Gasteiger partial charge >= 0.3 is 11.9 Å². The molecule has 16 heteroatoms. The zero-order valence-electron chi connectivity index (χ0n) is 18.7.